The van der Waals surface area contributed by atoms with Crippen molar-refractivity contribution in [2.24, 2.45) is 0 Å². The number of hydrogen-bond donors (Lipinski definition) is 0. The lowest BCUT2D eigenvalue weighted by Crippen LogP contribution is -1.95. The van der Waals surface area contributed by atoms with Crippen LogP contribution in [0, 0.1) is 13.8 Å². The maximum Gasteiger partial charge on any atom is 0.187 e. The second-order valence-electron chi connectivity index (χ2n) is 4.68. The summed E-state index contributed by atoms with van der Waals surface area (Å²) in [6.45, 7) is 4.06. The van der Waals surface area contributed by atoms with Crippen LogP contribution in [0.5, 0.6) is 0 Å². The van der Waals surface area contributed by atoms with Crippen LogP contribution in [0.3, 0.4) is 0 Å². The van der Waals surface area contributed by atoms with Gasteiger partial charge in [-0.3, -0.25) is 4.79 Å². The summed E-state index contributed by atoms with van der Waals surface area (Å²) in [6, 6.07) is 11.0. The van der Waals surface area contributed by atoms with Crippen LogP contribution < -0.4 is 0 Å². The van der Waals surface area contributed by atoms with E-state index in [0.717, 1.165) is 11.1 Å². The Kier molecular flexibility index (Phi) is 4.64. The molecule has 0 bridgehead atoms. The third kappa shape index (κ3) is 3.50. The van der Waals surface area contributed by atoms with E-state index in [0.29, 0.717) is 15.6 Å². The Morgan fingerprint density at radius 1 is 1.05 bits per heavy atom. The van der Waals surface area contributed by atoms with E-state index < -0.39 is 0 Å². The van der Waals surface area contributed by atoms with Crippen LogP contribution in [0.15, 0.2) is 42.5 Å². The monoisotopic (exact) mass is 304 g/mol. The Labute approximate surface area is 128 Å². The van der Waals surface area contributed by atoms with Crippen molar-refractivity contribution in [1.29, 1.82) is 0 Å². The van der Waals surface area contributed by atoms with Gasteiger partial charge in [0.15, 0.2) is 5.78 Å². The van der Waals surface area contributed by atoms with E-state index in [1.54, 1.807) is 24.3 Å². The molecule has 2 aromatic carbocycles. The van der Waals surface area contributed by atoms with Crippen LogP contribution in [-0.4, -0.2) is 5.78 Å². The Balaban J connectivity index is 2.27. The number of hydrogen-bond acceptors (Lipinski definition) is 1. The molecule has 0 amide bonds. The number of ketones is 1. The van der Waals surface area contributed by atoms with Gasteiger partial charge in [0, 0.05) is 10.6 Å². The van der Waals surface area contributed by atoms with Crippen molar-refractivity contribution >= 4 is 35.1 Å². The average molecular weight is 305 g/mol. The summed E-state index contributed by atoms with van der Waals surface area (Å²) in [5, 5.41) is 0.905. The standard InChI is InChI=1S/C17H14Cl2O/c1-11-3-4-13(12(2)9-11)5-8-17(20)15-10-14(18)6-7-16(15)19/h3-10H,1-2H3/b8-5+. The molecule has 0 aliphatic rings. The fourth-order valence-electron chi connectivity index (χ4n) is 1.95. The summed E-state index contributed by atoms with van der Waals surface area (Å²) in [6.07, 6.45) is 3.32. The van der Waals surface area contributed by atoms with Crippen LogP contribution >= 0.6 is 23.2 Å². The maximum absolute atomic E-state index is 12.1. The summed E-state index contributed by atoms with van der Waals surface area (Å²) in [5.41, 5.74) is 3.76. The molecular formula is C17H14Cl2O. The first-order chi connectivity index (χ1) is 9.47. The summed E-state index contributed by atoms with van der Waals surface area (Å²) in [7, 11) is 0. The largest absolute Gasteiger partial charge is 0.289 e. The smallest absolute Gasteiger partial charge is 0.187 e. The second kappa shape index (κ2) is 6.25. The molecule has 0 fully saturated rings. The number of benzene rings is 2. The fourth-order valence-corrected chi connectivity index (χ4v) is 2.34. The minimum atomic E-state index is -0.155. The fraction of sp³-hybridized carbons (Fsp3) is 0.118. The van der Waals surface area contributed by atoms with Crippen molar-refractivity contribution in [2.75, 3.05) is 0 Å². The zero-order valence-corrected chi connectivity index (χ0v) is 12.8. The first-order valence-electron chi connectivity index (χ1n) is 6.22. The third-order valence-corrected chi connectivity index (χ3v) is 3.60. The normalized spacial score (nSPS) is 11.0. The van der Waals surface area contributed by atoms with E-state index >= 15 is 0 Å². The molecule has 0 radical (unpaired) electrons. The van der Waals surface area contributed by atoms with Gasteiger partial charge >= 0.3 is 0 Å². The first-order valence-corrected chi connectivity index (χ1v) is 6.97. The molecule has 0 spiro atoms. The summed E-state index contributed by atoms with van der Waals surface area (Å²) >= 11 is 11.9. The van der Waals surface area contributed by atoms with Crippen LogP contribution in [0.25, 0.3) is 6.08 Å². The van der Waals surface area contributed by atoms with E-state index in [1.165, 1.54) is 11.6 Å². The van der Waals surface area contributed by atoms with Crippen molar-refractivity contribution in [2.45, 2.75) is 13.8 Å². The van der Waals surface area contributed by atoms with E-state index in [1.807, 2.05) is 26.0 Å². The molecule has 0 heterocycles. The van der Waals surface area contributed by atoms with Crippen molar-refractivity contribution in [3.8, 4) is 0 Å². The minimum Gasteiger partial charge on any atom is -0.289 e. The Morgan fingerprint density at radius 3 is 2.50 bits per heavy atom. The number of aryl methyl sites for hydroxylation is 2. The highest BCUT2D eigenvalue weighted by atomic mass is 35.5. The molecule has 2 aromatic rings. The van der Waals surface area contributed by atoms with E-state index in [9.17, 15) is 4.79 Å². The van der Waals surface area contributed by atoms with Crippen LogP contribution in [0.1, 0.15) is 27.0 Å². The molecule has 0 unspecified atom stereocenters. The second-order valence-corrected chi connectivity index (χ2v) is 5.53. The average Bonchev–Trinajstić information content (AvgIpc) is 2.40. The van der Waals surface area contributed by atoms with E-state index in [4.69, 9.17) is 23.2 Å². The minimum absolute atomic E-state index is 0.155. The molecule has 2 rings (SSSR count). The maximum atomic E-state index is 12.1. The first kappa shape index (κ1) is 14.8. The van der Waals surface area contributed by atoms with Gasteiger partial charge in [0.1, 0.15) is 0 Å². The van der Waals surface area contributed by atoms with Gasteiger partial charge in [-0.15, -0.1) is 0 Å². The highest BCUT2D eigenvalue weighted by Gasteiger charge is 2.08. The molecule has 0 aliphatic carbocycles. The number of allylic oxidation sites excluding steroid dienone is 1. The number of carbonyl (C=O) groups is 1. The lowest BCUT2D eigenvalue weighted by Gasteiger charge is -2.03. The summed E-state index contributed by atoms with van der Waals surface area (Å²) in [4.78, 5) is 12.1. The van der Waals surface area contributed by atoms with Gasteiger partial charge in [-0.2, -0.15) is 0 Å². The Hall–Kier alpha value is -1.57. The molecule has 0 saturated heterocycles. The van der Waals surface area contributed by atoms with Crippen molar-refractivity contribution in [3.63, 3.8) is 0 Å². The highest BCUT2D eigenvalue weighted by molar-refractivity contribution is 6.36. The van der Waals surface area contributed by atoms with Crippen LogP contribution in [-0.2, 0) is 0 Å². The van der Waals surface area contributed by atoms with E-state index in [2.05, 4.69) is 6.07 Å². The van der Waals surface area contributed by atoms with Gasteiger partial charge in [-0.1, -0.05) is 53.0 Å². The molecule has 1 nitrogen and oxygen atoms in total. The lowest BCUT2D eigenvalue weighted by atomic mass is 10.0. The van der Waals surface area contributed by atoms with Gasteiger partial charge in [0.2, 0.25) is 0 Å². The molecular weight excluding hydrogens is 291 g/mol. The van der Waals surface area contributed by atoms with Gasteiger partial charge < -0.3 is 0 Å². The predicted molar refractivity (Wildman–Crippen MR) is 85.7 cm³/mol. The molecule has 0 saturated carbocycles. The Morgan fingerprint density at radius 2 is 1.80 bits per heavy atom. The molecule has 0 atom stereocenters. The molecule has 3 heteroatoms. The molecule has 20 heavy (non-hydrogen) atoms. The SMILES string of the molecule is Cc1ccc(/C=C/C(=O)c2cc(Cl)ccc2Cl)c(C)c1. The Bertz CT molecular complexity index is 687. The van der Waals surface area contributed by atoms with E-state index in [-0.39, 0.29) is 5.78 Å². The number of halogens is 2. The predicted octanol–water partition coefficient (Wildman–Crippen LogP) is 5.51. The van der Waals surface area contributed by atoms with Crippen LogP contribution in [0.2, 0.25) is 10.0 Å². The van der Waals surface area contributed by atoms with Gasteiger partial charge in [0.05, 0.1) is 5.02 Å². The molecule has 102 valence electrons. The van der Waals surface area contributed by atoms with Crippen molar-refractivity contribution in [3.05, 3.63) is 74.8 Å². The lowest BCUT2D eigenvalue weighted by molar-refractivity contribution is 0.104. The zero-order chi connectivity index (χ0) is 14.7. The summed E-state index contributed by atoms with van der Waals surface area (Å²) < 4.78 is 0. The third-order valence-electron chi connectivity index (χ3n) is 3.03. The number of carbonyl (C=O) groups excluding carboxylic acids is 1. The van der Waals surface area contributed by atoms with Gasteiger partial charge in [0.25, 0.3) is 0 Å². The number of rotatable bonds is 3. The molecule has 0 aromatic heterocycles. The zero-order valence-electron chi connectivity index (χ0n) is 11.3. The quantitative estimate of drug-likeness (QED) is 0.540. The van der Waals surface area contributed by atoms with Gasteiger partial charge in [-0.05, 0) is 49.2 Å². The molecule has 0 aliphatic heterocycles. The summed E-state index contributed by atoms with van der Waals surface area (Å²) in [5.74, 6) is -0.155. The van der Waals surface area contributed by atoms with Gasteiger partial charge in [-0.25, -0.2) is 0 Å². The van der Waals surface area contributed by atoms with Crippen molar-refractivity contribution in [1.82, 2.24) is 0 Å². The highest BCUT2D eigenvalue weighted by Crippen LogP contribution is 2.22. The van der Waals surface area contributed by atoms with Crippen LogP contribution in [0.4, 0.5) is 0 Å². The topological polar surface area (TPSA) is 17.1 Å². The molecule has 0 N–H and O–H groups in total. The van der Waals surface area contributed by atoms with Crippen molar-refractivity contribution < 1.29 is 4.79 Å².